The molecule has 1 amide bonds. The second-order valence-corrected chi connectivity index (χ2v) is 6.30. The van der Waals surface area contributed by atoms with E-state index in [-0.39, 0.29) is 11.2 Å². The Morgan fingerprint density at radius 1 is 1.17 bits per heavy atom. The first kappa shape index (κ1) is 17.2. The Balaban J connectivity index is 1.95. The molecule has 0 aliphatic rings. The van der Waals surface area contributed by atoms with E-state index in [4.69, 9.17) is 9.47 Å². The summed E-state index contributed by atoms with van der Waals surface area (Å²) in [5, 5.41) is 2.71. The number of amides is 1. The highest BCUT2D eigenvalue weighted by molar-refractivity contribution is 8.00. The molecule has 0 fully saturated rings. The maximum atomic E-state index is 12.3. The summed E-state index contributed by atoms with van der Waals surface area (Å²) in [6.45, 7) is 4.41. The van der Waals surface area contributed by atoms with Gasteiger partial charge < -0.3 is 14.8 Å². The second kappa shape index (κ2) is 8.48. The van der Waals surface area contributed by atoms with Gasteiger partial charge in [-0.3, -0.25) is 4.79 Å². The first-order valence-corrected chi connectivity index (χ1v) is 8.34. The van der Waals surface area contributed by atoms with Crippen molar-refractivity contribution >= 4 is 23.4 Å². The summed E-state index contributed by atoms with van der Waals surface area (Å²) in [7, 11) is 1.63. The third-order valence-corrected chi connectivity index (χ3v) is 4.27. The van der Waals surface area contributed by atoms with E-state index in [1.165, 1.54) is 11.8 Å². The Morgan fingerprint density at radius 3 is 2.57 bits per heavy atom. The number of anilines is 1. The zero-order valence-electron chi connectivity index (χ0n) is 13.5. The molecule has 0 heterocycles. The van der Waals surface area contributed by atoms with Gasteiger partial charge in [-0.2, -0.15) is 0 Å². The molecule has 0 saturated carbocycles. The monoisotopic (exact) mass is 331 g/mol. The SMILES string of the molecule is CCOc1cccc(NC(=O)[C@H](C)Sc2ccc(OC)cc2)c1. The maximum Gasteiger partial charge on any atom is 0.237 e. The molecule has 2 rings (SSSR count). The van der Waals surface area contributed by atoms with Crippen molar-refractivity contribution in [1.82, 2.24) is 0 Å². The van der Waals surface area contributed by atoms with Gasteiger partial charge in [0.2, 0.25) is 5.91 Å². The number of thioether (sulfide) groups is 1. The molecule has 0 aromatic heterocycles. The summed E-state index contributed by atoms with van der Waals surface area (Å²) >= 11 is 1.51. The van der Waals surface area contributed by atoms with Gasteiger partial charge in [0.05, 0.1) is 19.0 Å². The van der Waals surface area contributed by atoms with E-state index in [0.29, 0.717) is 6.61 Å². The number of carbonyl (C=O) groups excluding carboxylic acids is 1. The lowest BCUT2D eigenvalue weighted by atomic mass is 10.3. The van der Waals surface area contributed by atoms with Crippen LogP contribution in [-0.4, -0.2) is 24.9 Å². The number of rotatable bonds is 7. The lowest BCUT2D eigenvalue weighted by Crippen LogP contribution is -2.22. The summed E-state index contributed by atoms with van der Waals surface area (Å²) < 4.78 is 10.6. The Kier molecular flexibility index (Phi) is 6.35. The Bertz CT molecular complexity index is 643. The highest BCUT2D eigenvalue weighted by atomic mass is 32.2. The molecule has 0 bridgehead atoms. The van der Waals surface area contributed by atoms with Crippen LogP contribution < -0.4 is 14.8 Å². The predicted octanol–water partition coefficient (Wildman–Crippen LogP) is 4.21. The molecule has 0 aliphatic carbocycles. The first-order valence-electron chi connectivity index (χ1n) is 7.46. The van der Waals surface area contributed by atoms with Crippen molar-refractivity contribution in [3.05, 3.63) is 48.5 Å². The molecule has 0 radical (unpaired) electrons. The van der Waals surface area contributed by atoms with Crippen molar-refractivity contribution in [3.8, 4) is 11.5 Å². The Morgan fingerprint density at radius 2 is 1.91 bits per heavy atom. The molecule has 0 aliphatic heterocycles. The molecule has 1 atom stereocenters. The van der Waals surface area contributed by atoms with Crippen molar-refractivity contribution < 1.29 is 14.3 Å². The standard InChI is InChI=1S/C18H21NO3S/c1-4-22-16-7-5-6-14(12-16)19-18(20)13(2)23-17-10-8-15(21-3)9-11-17/h5-13H,4H2,1-3H3,(H,19,20)/t13-/m0/s1. The van der Waals surface area contributed by atoms with Gasteiger partial charge in [-0.05, 0) is 50.2 Å². The van der Waals surface area contributed by atoms with Gasteiger partial charge in [-0.1, -0.05) is 6.07 Å². The molecule has 0 spiro atoms. The van der Waals surface area contributed by atoms with E-state index in [0.717, 1.165) is 22.1 Å². The number of hydrogen-bond acceptors (Lipinski definition) is 4. The van der Waals surface area contributed by atoms with Crippen LogP contribution in [0, 0.1) is 0 Å². The quantitative estimate of drug-likeness (QED) is 0.772. The summed E-state index contributed by atoms with van der Waals surface area (Å²) in [5.74, 6) is 1.51. The molecular weight excluding hydrogens is 310 g/mol. The van der Waals surface area contributed by atoms with Gasteiger partial charge >= 0.3 is 0 Å². The number of methoxy groups -OCH3 is 1. The van der Waals surface area contributed by atoms with E-state index < -0.39 is 0 Å². The fourth-order valence-electron chi connectivity index (χ4n) is 1.99. The summed E-state index contributed by atoms with van der Waals surface area (Å²) in [4.78, 5) is 13.3. The zero-order valence-corrected chi connectivity index (χ0v) is 14.4. The molecule has 23 heavy (non-hydrogen) atoms. The first-order chi connectivity index (χ1) is 11.1. The molecule has 5 heteroatoms. The second-order valence-electron chi connectivity index (χ2n) is 4.89. The van der Waals surface area contributed by atoms with E-state index in [2.05, 4.69) is 5.32 Å². The number of ether oxygens (including phenoxy) is 2. The smallest absolute Gasteiger partial charge is 0.237 e. The topological polar surface area (TPSA) is 47.6 Å². The van der Waals surface area contributed by atoms with Crippen LogP contribution in [0.4, 0.5) is 5.69 Å². The number of benzene rings is 2. The van der Waals surface area contributed by atoms with E-state index in [1.54, 1.807) is 7.11 Å². The van der Waals surface area contributed by atoms with E-state index >= 15 is 0 Å². The fraction of sp³-hybridized carbons (Fsp3) is 0.278. The molecular formula is C18H21NO3S. The van der Waals surface area contributed by atoms with Crippen molar-refractivity contribution in [2.75, 3.05) is 19.0 Å². The van der Waals surface area contributed by atoms with Crippen LogP contribution >= 0.6 is 11.8 Å². The largest absolute Gasteiger partial charge is 0.497 e. The maximum absolute atomic E-state index is 12.3. The van der Waals surface area contributed by atoms with Crippen molar-refractivity contribution in [3.63, 3.8) is 0 Å². The van der Waals surface area contributed by atoms with E-state index in [1.807, 2.05) is 62.4 Å². The zero-order chi connectivity index (χ0) is 16.7. The van der Waals surface area contributed by atoms with Gasteiger partial charge in [-0.25, -0.2) is 0 Å². The normalized spacial score (nSPS) is 11.6. The minimum atomic E-state index is -0.209. The van der Waals surface area contributed by atoms with Crippen LogP contribution in [0.1, 0.15) is 13.8 Å². The van der Waals surface area contributed by atoms with Gasteiger partial charge in [0.1, 0.15) is 11.5 Å². The van der Waals surface area contributed by atoms with Crippen LogP contribution in [0.2, 0.25) is 0 Å². The van der Waals surface area contributed by atoms with Crippen molar-refractivity contribution in [2.24, 2.45) is 0 Å². The van der Waals surface area contributed by atoms with Crippen molar-refractivity contribution in [2.45, 2.75) is 24.0 Å². The van der Waals surface area contributed by atoms with Crippen LogP contribution in [0.5, 0.6) is 11.5 Å². The summed E-state index contributed by atoms with van der Waals surface area (Å²) in [5.41, 5.74) is 0.739. The minimum Gasteiger partial charge on any atom is -0.497 e. The third-order valence-electron chi connectivity index (χ3n) is 3.15. The molecule has 0 unspecified atom stereocenters. The summed E-state index contributed by atoms with van der Waals surface area (Å²) in [6, 6.07) is 15.1. The lowest BCUT2D eigenvalue weighted by Gasteiger charge is -2.13. The highest BCUT2D eigenvalue weighted by Crippen LogP contribution is 2.26. The molecule has 2 aromatic rings. The number of hydrogen-bond donors (Lipinski definition) is 1. The molecule has 4 nitrogen and oxygen atoms in total. The van der Waals surface area contributed by atoms with Crippen LogP contribution in [0.15, 0.2) is 53.4 Å². The molecule has 0 saturated heterocycles. The minimum absolute atomic E-state index is 0.0422. The molecule has 1 N–H and O–H groups in total. The average Bonchev–Trinajstić information content (AvgIpc) is 2.56. The van der Waals surface area contributed by atoms with Crippen molar-refractivity contribution in [1.29, 1.82) is 0 Å². The van der Waals surface area contributed by atoms with Crippen LogP contribution in [-0.2, 0) is 4.79 Å². The van der Waals surface area contributed by atoms with E-state index in [9.17, 15) is 4.79 Å². The third kappa shape index (κ3) is 5.21. The summed E-state index contributed by atoms with van der Waals surface area (Å²) in [6.07, 6.45) is 0. The fourth-order valence-corrected chi connectivity index (χ4v) is 2.85. The predicted molar refractivity (Wildman–Crippen MR) is 94.6 cm³/mol. The van der Waals surface area contributed by atoms with Crippen LogP contribution in [0.3, 0.4) is 0 Å². The van der Waals surface area contributed by atoms with Gasteiger partial charge in [0.15, 0.2) is 0 Å². The number of carbonyl (C=O) groups is 1. The van der Waals surface area contributed by atoms with Crippen LogP contribution in [0.25, 0.3) is 0 Å². The Labute approximate surface area is 141 Å². The lowest BCUT2D eigenvalue weighted by molar-refractivity contribution is -0.115. The van der Waals surface area contributed by atoms with Gasteiger partial charge in [0, 0.05) is 16.6 Å². The molecule has 2 aromatic carbocycles. The average molecular weight is 331 g/mol. The highest BCUT2D eigenvalue weighted by Gasteiger charge is 2.15. The Hall–Kier alpha value is -2.14. The van der Waals surface area contributed by atoms with Gasteiger partial charge in [0.25, 0.3) is 0 Å². The van der Waals surface area contributed by atoms with Gasteiger partial charge in [-0.15, -0.1) is 11.8 Å². The number of nitrogens with one attached hydrogen (secondary N) is 1. The molecule has 122 valence electrons.